The molecule has 1 aromatic heterocycles. The second-order valence-electron chi connectivity index (χ2n) is 8.07. The molecule has 0 fully saturated rings. The molecule has 2 amide bonds. The Morgan fingerprint density at radius 2 is 1.62 bits per heavy atom. The van der Waals surface area contributed by atoms with Crippen LogP contribution >= 0.6 is 0 Å². The van der Waals surface area contributed by atoms with Crippen LogP contribution in [0.1, 0.15) is 25.1 Å². The molecular weight excluding hydrogens is 436 g/mol. The molecule has 0 aliphatic heterocycles. The van der Waals surface area contributed by atoms with E-state index in [4.69, 9.17) is 9.47 Å². The van der Waals surface area contributed by atoms with Crippen LogP contribution in [0.15, 0.2) is 60.8 Å². The van der Waals surface area contributed by atoms with E-state index in [2.05, 4.69) is 20.6 Å². The molecule has 0 radical (unpaired) electrons. The van der Waals surface area contributed by atoms with Gasteiger partial charge in [-0.05, 0) is 23.6 Å². The molecule has 2 atom stereocenters. The first-order chi connectivity index (χ1) is 16.4. The van der Waals surface area contributed by atoms with Crippen molar-refractivity contribution < 1.29 is 23.9 Å². The second kappa shape index (κ2) is 11.7. The Morgan fingerprint density at radius 1 is 0.941 bits per heavy atom. The summed E-state index contributed by atoms with van der Waals surface area (Å²) in [5.74, 6) is -1.42. The van der Waals surface area contributed by atoms with E-state index in [-0.39, 0.29) is 18.9 Å². The van der Waals surface area contributed by atoms with Gasteiger partial charge in [-0.15, -0.1) is 0 Å². The summed E-state index contributed by atoms with van der Waals surface area (Å²) in [5, 5.41) is 5.26. The van der Waals surface area contributed by atoms with Crippen LogP contribution < -0.4 is 10.6 Å². The van der Waals surface area contributed by atoms with Crippen molar-refractivity contribution in [1.29, 1.82) is 0 Å². The minimum absolute atomic E-state index is 0.0739. The molecule has 3 rings (SSSR count). The molecule has 9 nitrogen and oxygen atoms in total. The molecule has 9 heteroatoms. The van der Waals surface area contributed by atoms with E-state index in [1.54, 1.807) is 20.0 Å². The quantitative estimate of drug-likeness (QED) is 0.467. The molecule has 2 N–H and O–H groups in total. The second-order valence-corrected chi connectivity index (χ2v) is 8.07. The average Bonchev–Trinajstić information content (AvgIpc) is 2.85. The van der Waals surface area contributed by atoms with E-state index in [0.717, 1.165) is 11.1 Å². The van der Waals surface area contributed by atoms with Gasteiger partial charge in [-0.3, -0.25) is 9.78 Å². The number of nitrogens with one attached hydrogen (secondary N) is 2. The summed E-state index contributed by atoms with van der Waals surface area (Å²) in [7, 11) is 1.24. The number of alkyl carbamates (subject to hydrolysis) is 1. The van der Waals surface area contributed by atoms with Gasteiger partial charge in [-0.2, -0.15) is 0 Å². The van der Waals surface area contributed by atoms with Crippen LogP contribution in [0.25, 0.3) is 11.0 Å². The van der Waals surface area contributed by atoms with Crippen LogP contribution in [0.3, 0.4) is 0 Å². The van der Waals surface area contributed by atoms with Gasteiger partial charge in [0.25, 0.3) is 0 Å². The molecule has 0 unspecified atom stereocenters. The third kappa shape index (κ3) is 6.74. The monoisotopic (exact) mass is 464 g/mol. The number of carbonyl (C=O) groups excluding carboxylic acids is 3. The number of esters is 1. The lowest BCUT2D eigenvalue weighted by atomic mass is 10.0. The highest BCUT2D eigenvalue weighted by Gasteiger charge is 2.30. The van der Waals surface area contributed by atoms with E-state index in [0.29, 0.717) is 11.2 Å². The van der Waals surface area contributed by atoms with Crippen molar-refractivity contribution in [2.75, 3.05) is 7.11 Å². The average molecular weight is 465 g/mol. The molecule has 2 aromatic carbocycles. The highest BCUT2D eigenvalue weighted by atomic mass is 16.5. The van der Waals surface area contributed by atoms with E-state index in [1.165, 1.54) is 7.11 Å². The molecule has 3 aromatic rings. The fourth-order valence-corrected chi connectivity index (χ4v) is 3.33. The summed E-state index contributed by atoms with van der Waals surface area (Å²) in [5.41, 5.74) is 2.75. The highest BCUT2D eigenvalue weighted by Crippen LogP contribution is 2.11. The molecule has 0 spiro atoms. The third-order valence-corrected chi connectivity index (χ3v) is 5.15. The summed E-state index contributed by atoms with van der Waals surface area (Å²) in [6, 6.07) is 14.6. The minimum atomic E-state index is -1.00. The van der Waals surface area contributed by atoms with E-state index < -0.39 is 30.1 Å². The van der Waals surface area contributed by atoms with Gasteiger partial charge in [0, 0.05) is 12.6 Å². The topological polar surface area (TPSA) is 120 Å². The number of benzene rings is 2. The molecule has 0 saturated carbocycles. The van der Waals surface area contributed by atoms with Crippen molar-refractivity contribution in [3.05, 3.63) is 72.1 Å². The number of hydrogen-bond donors (Lipinski definition) is 2. The van der Waals surface area contributed by atoms with Crippen molar-refractivity contribution >= 4 is 29.0 Å². The molecule has 0 saturated heterocycles. The Bertz CT molecular complexity index is 1140. The minimum Gasteiger partial charge on any atom is -0.467 e. The summed E-state index contributed by atoms with van der Waals surface area (Å²) in [6.07, 6.45) is 0.913. The van der Waals surface area contributed by atoms with Crippen LogP contribution in [-0.2, 0) is 32.1 Å². The van der Waals surface area contributed by atoms with E-state index in [1.807, 2.05) is 54.6 Å². The van der Waals surface area contributed by atoms with Gasteiger partial charge in [0.2, 0.25) is 5.91 Å². The molecular formula is C25H28N4O5. The van der Waals surface area contributed by atoms with Crippen molar-refractivity contribution in [3.8, 4) is 0 Å². The van der Waals surface area contributed by atoms with Gasteiger partial charge in [-0.1, -0.05) is 56.3 Å². The zero-order valence-corrected chi connectivity index (χ0v) is 19.4. The first-order valence-corrected chi connectivity index (χ1v) is 10.9. The van der Waals surface area contributed by atoms with Crippen molar-refractivity contribution in [1.82, 2.24) is 20.6 Å². The lowest BCUT2D eigenvalue weighted by Crippen LogP contribution is -2.54. The molecule has 0 aliphatic carbocycles. The van der Waals surface area contributed by atoms with E-state index in [9.17, 15) is 14.4 Å². The lowest BCUT2D eigenvalue weighted by molar-refractivity contribution is -0.145. The van der Waals surface area contributed by atoms with Crippen LogP contribution in [-0.4, -0.2) is 47.1 Å². The smallest absolute Gasteiger partial charge is 0.408 e. The van der Waals surface area contributed by atoms with Crippen molar-refractivity contribution in [3.63, 3.8) is 0 Å². The molecule has 0 bridgehead atoms. The zero-order chi connectivity index (χ0) is 24.5. The number of aromatic nitrogens is 2. The Labute approximate surface area is 197 Å². The molecule has 1 heterocycles. The van der Waals surface area contributed by atoms with Crippen LogP contribution in [0.2, 0.25) is 0 Å². The van der Waals surface area contributed by atoms with Crippen molar-refractivity contribution in [2.24, 2.45) is 5.92 Å². The third-order valence-electron chi connectivity index (χ3n) is 5.15. The number of ether oxygens (including phenoxy) is 2. The van der Waals surface area contributed by atoms with Gasteiger partial charge >= 0.3 is 12.1 Å². The Kier molecular flexibility index (Phi) is 8.50. The summed E-state index contributed by atoms with van der Waals surface area (Å²) in [6.45, 7) is 3.64. The van der Waals surface area contributed by atoms with E-state index >= 15 is 0 Å². The number of rotatable bonds is 9. The number of carbonyl (C=O) groups is 3. The first-order valence-electron chi connectivity index (χ1n) is 10.9. The normalized spacial score (nSPS) is 12.6. The maximum atomic E-state index is 13.0. The number of para-hydroxylation sites is 2. The molecule has 0 aliphatic rings. The molecule has 178 valence electrons. The number of nitrogens with zero attached hydrogens (tertiary/aromatic N) is 2. The highest BCUT2D eigenvalue weighted by molar-refractivity contribution is 5.90. The fourth-order valence-electron chi connectivity index (χ4n) is 3.33. The lowest BCUT2D eigenvalue weighted by Gasteiger charge is -2.24. The maximum absolute atomic E-state index is 13.0. The predicted octanol–water partition coefficient (Wildman–Crippen LogP) is 2.78. The van der Waals surface area contributed by atoms with Gasteiger partial charge in [-0.25, -0.2) is 14.6 Å². The van der Waals surface area contributed by atoms with Gasteiger partial charge in [0.05, 0.1) is 23.8 Å². The summed E-state index contributed by atoms with van der Waals surface area (Å²) < 4.78 is 10.1. The predicted molar refractivity (Wildman–Crippen MR) is 126 cm³/mol. The fraction of sp³-hybridized carbons (Fsp3) is 0.320. The SMILES string of the molecule is COC(=O)[C@H](Cc1cnc2ccccc2n1)NC(=O)[C@H](NC(=O)OCc1ccccc1)C(C)C. The van der Waals surface area contributed by atoms with Crippen LogP contribution in [0.4, 0.5) is 4.79 Å². The number of hydrogen-bond acceptors (Lipinski definition) is 7. The number of fused-ring (bicyclic) bond motifs is 1. The standard InChI is InChI=1S/C25H28N4O5/c1-16(2)22(29-25(32)34-15-17-9-5-4-6-10-17)23(30)28-21(24(31)33-3)13-18-14-26-19-11-7-8-12-20(19)27-18/h4-12,14,16,21-22H,13,15H2,1-3H3,(H,28,30)(H,29,32)/t21-,22+/m0/s1. The van der Waals surface area contributed by atoms with Gasteiger partial charge < -0.3 is 20.1 Å². The Balaban J connectivity index is 1.66. The molecule has 34 heavy (non-hydrogen) atoms. The van der Waals surface area contributed by atoms with Gasteiger partial charge in [0.1, 0.15) is 18.7 Å². The van der Waals surface area contributed by atoms with Crippen molar-refractivity contribution in [2.45, 2.75) is 39.0 Å². The Hall–Kier alpha value is -4.01. The van der Waals surface area contributed by atoms with Crippen LogP contribution in [0, 0.1) is 5.92 Å². The largest absolute Gasteiger partial charge is 0.467 e. The summed E-state index contributed by atoms with van der Waals surface area (Å²) in [4.78, 5) is 46.6. The Morgan fingerprint density at radius 3 is 2.29 bits per heavy atom. The first kappa shape index (κ1) is 24.6. The zero-order valence-electron chi connectivity index (χ0n) is 19.4. The summed E-state index contributed by atoms with van der Waals surface area (Å²) >= 11 is 0. The van der Waals surface area contributed by atoms with Crippen LogP contribution in [0.5, 0.6) is 0 Å². The maximum Gasteiger partial charge on any atom is 0.408 e. The number of methoxy groups -OCH3 is 1. The van der Waals surface area contributed by atoms with Gasteiger partial charge in [0.15, 0.2) is 0 Å². The number of amides is 2.